The molecule has 0 atom stereocenters. The van der Waals surface area contributed by atoms with Crippen molar-refractivity contribution in [2.45, 2.75) is 18.7 Å². The van der Waals surface area contributed by atoms with Gasteiger partial charge in [0.1, 0.15) is 5.82 Å². The summed E-state index contributed by atoms with van der Waals surface area (Å²) >= 11 is 6.08. The number of aromatic nitrogens is 1. The lowest BCUT2D eigenvalue weighted by atomic mass is 10.1. The molecule has 0 spiro atoms. The van der Waals surface area contributed by atoms with E-state index in [9.17, 15) is 0 Å². The third-order valence-corrected chi connectivity index (χ3v) is 4.23. The molecule has 1 heterocycles. The molecule has 3 nitrogen and oxygen atoms in total. The normalized spacial score (nSPS) is 14.6. The molecule has 112 valence electrons. The van der Waals surface area contributed by atoms with Gasteiger partial charge in [0.05, 0.1) is 12.1 Å². The third kappa shape index (κ3) is 3.66. The van der Waals surface area contributed by atoms with Crippen LogP contribution >= 0.6 is 11.6 Å². The average Bonchev–Trinajstić information content (AvgIpc) is 3.34. The molecule has 0 unspecified atom stereocenters. The minimum absolute atomic E-state index is 0.502. The molecule has 0 saturated heterocycles. The monoisotopic (exact) mass is 304 g/mol. The predicted octanol–water partition coefficient (Wildman–Crippen LogP) is 3.84. The van der Waals surface area contributed by atoms with Crippen LogP contribution in [0.4, 0.5) is 5.82 Å². The van der Waals surface area contributed by atoms with Gasteiger partial charge in [-0.1, -0.05) is 18.2 Å². The number of nitrogens with zero attached hydrogens (tertiary/aromatic N) is 2. The number of anilines is 1. The van der Waals surface area contributed by atoms with Crippen molar-refractivity contribution < 1.29 is 4.74 Å². The molecule has 1 aromatic heterocycles. The molecule has 0 amide bonds. The van der Waals surface area contributed by atoms with E-state index in [0.717, 1.165) is 48.0 Å². The van der Waals surface area contributed by atoms with Crippen molar-refractivity contribution >= 4 is 28.3 Å². The molecule has 21 heavy (non-hydrogen) atoms. The maximum Gasteiger partial charge on any atom is 0.129 e. The Hall–Kier alpha value is -1.32. The van der Waals surface area contributed by atoms with Crippen LogP contribution in [0.2, 0.25) is 0 Å². The first-order valence-corrected chi connectivity index (χ1v) is 8.05. The van der Waals surface area contributed by atoms with Crippen molar-refractivity contribution in [2.24, 2.45) is 5.92 Å². The largest absolute Gasteiger partial charge is 0.379 e. The van der Waals surface area contributed by atoms with Gasteiger partial charge in [0.2, 0.25) is 0 Å². The lowest BCUT2D eigenvalue weighted by Gasteiger charge is -2.19. The number of pyridine rings is 1. The van der Waals surface area contributed by atoms with E-state index in [0.29, 0.717) is 5.88 Å². The summed E-state index contributed by atoms with van der Waals surface area (Å²) in [7, 11) is 2.05. The lowest BCUT2D eigenvalue weighted by molar-refractivity contribution is 0.131. The Morgan fingerprint density at radius 1 is 1.33 bits per heavy atom. The van der Waals surface area contributed by atoms with Crippen molar-refractivity contribution in [3.05, 3.63) is 35.9 Å². The van der Waals surface area contributed by atoms with Crippen molar-refractivity contribution in [1.82, 2.24) is 4.98 Å². The Balaban J connectivity index is 1.69. The summed E-state index contributed by atoms with van der Waals surface area (Å²) in [6, 6.07) is 10.2. The second-order valence-corrected chi connectivity index (χ2v) is 6.00. The van der Waals surface area contributed by atoms with Crippen LogP contribution in [0.5, 0.6) is 0 Å². The molecule has 1 aromatic carbocycles. The number of alkyl halides is 1. The van der Waals surface area contributed by atoms with E-state index in [1.807, 2.05) is 18.2 Å². The molecule has 3 rings (SSSR count). The number of para-hydroxylation sites is 1. The molecule has 2 aromatic rings. The summed E-state index contributed by atoms with van der Waals surface area (Å²) < 4.78 is 5.70. The van der Waals surface area contributed by atoms with E-state index >= 15 is 0 Å². The molecule has 1 saturated carbocycles. The number of fused-ring (bicyclic) bond motifs is 1. The summed E-state index contributed by atoms with van der Waals surface area (Å²) in [5.74, 6) is 2.28. The minimum Gasteiger partial charge on any atom is -0.379 e. The quantitative estimate of drug-likeness (QED) is 0.574. The Morgan fingerprint density at radius 3 is 2.90 bits per heavy atom. The molecule has 1 aliphatic rings. The molecule has 0 bridgehead atoms. The lowest BCUT2D eigenvalue weighted by Crippen LogP contribution is -2.24. The van der Waals surface area contributed by atoms with Crippen LogP contribution in [0.3, 0.4) is 0 Å². The van der Waals surface area contributed by atoms with Crippen LogP contribution in [0.1, 0.15) is 18.4 Å². The number of rotatable bonds is 7. The van der Waals surface area contributed by atoms with Gasteiger partial charge in [-0.2, -0.15) is 0 Å². The molecule has 1 aliphatic carbocycles. The highest BCUT2D eigenvalue weighted by Crippen LogP contribution is 2.28. The zero-order chi connectivity index (χ0) is 14.7. The SMILES string of the molecule is CN(CCOCC1CC1)c1cc(CCl)c2ccccc2n1. The van der Waals surface area contributed by atoms with E-state index in [1.165, 1.54) is 12.8 Å². The van der Waals surface area contributed by atoms with Gasteiger partial charge in [0, 0.05) is 31.5 Å². The fourth-order valence-corrected chi connectivity index (χ4v) is 2.61. The number of halogens is 1. The van der Waals surface area contributed by atoms with Gasteiger partial charge < -0.3 is 9.64 Å². The summed E-state index contributed by atoms with van der Waals surface area (Å²) in [5.41, 5.74) is 2.12. The summed E-state index contributed by atoms with van der Waals surface area (Å²) in [6.45, 7) is 2.50. The third-order valence-electron chi connectivity index (χ3n) is 3.94. The summed E-state index contributed by atoms with van der Waals surface area (Å²) in [4.78, 5) is 6.86. The Labute approximate surface area is 130 Å². The molecule has 4 heteroatoms. The smallest absolute Gasteiger partial charge is 0.129 e. The number of likely N-dealkylation sites (N-methyl/N-ethyl adjacent to an activating group) is 1. The van der Waals surface area contributed by atoms with Crippen LogP contribution in [0.15, 0.2) is 30.3 Å². The second kappa shape index (κ2) is 6.63. The van der Waals surface area contributed by atoms with Gasteiger partial charge in [-0.15, -0.1) is 11.6 Å². The Morgan fingerprint density at radius 2 is 2.14 bits per heavy atom. The fraction of sp³-hybridized carbons (Fsp3) is 0.471. The zero-order valence-electron chi connectivity index (χ0n) is 12.4. The maximum atomic E-state index is 6.08. The maximum absolute atomic E-state index is 6.08. The van der Waals surface area contributed by atoms with Gasteiger partial charge in [-0.05, 0) is 36.5 Å². The average molecular weight is 305 g/mol. The predicted molar refractivity (Wildman–Crippen MR) is 88.1 cm³/mol. The van der Waals surface area contributed by atoms with Gasteiger partial charge in [-0.25, -0.2) is 4.98 Å². The van der Waals surface area contributed by atoms with Crippen molar-refractivity contribution in [2.75, 3.05) is 31.7 Å². The van der Waals surface area contributed by atoms with Gasteiger partial charge in [-0.3, -0.25) is 0 Å². The molecular weight excluding hydrogens is 284 g/mol. The first-order chi connectivity index (χ1) is 10.3. The van der Waals surface area contributed by atoms with Gasteiger partial charge in [0.25, 0.3) is 0 Å². The molecule has 0 radical (unpaired) electrons. The summed E-state index contributed by atoms with van der Waals surface area (Å²) in [6.07, 6.45) is 2.67. The first-order valence-electron chi connectivity index (χ1n) is 7.51. The zero-order valence-corrected chi connectivity index (χ0v) is 13.1. The van der Waals surface area contributed by atoms with E-state index in [4.69, 9.17) is 21.3 Å². The second-order valence-electron chi connectivity index (χ2n) is 5.73. The number of benzene rings is 1. The van der Waals surface area contributed by atoms with Crippen LogP contribution in [-0.2, 0) is 10.6 Å². The van der Waals surface area contributed by atoms with Crippen LogP contribution in [0.25, 0.3) is 10.9 Å². The van der Waals surface area contributed by atoms with E-state index in [-0.39, 0.29) is 0 Å². The van der Waals surface area contributed by atoms with E-state index in [1.54, 1.807) is 0 Å². The standard InChI is InChI=1S/C17H21ClN2O/c1-20(8-9-21-12-13-6-7-13)17-10-14(11-18)15-4-2-3-5-16(15)19-17/h2-5,10,13H,6-9,11-12H2,1H3. The number of hydrogen-bond donors (Lipinski definition) is 0. The highest BCUT2D eigenvalue weighted by molar-refractivity contribution is 6.18. The Bertz CT molecular complexity index is 613. The highest BCUT2D eigenvalue weighted by atomic mass is 35.5. The summed E-state index contributed by atoms with van der Waals surface area (Å²) in [5, 5.41) is 1.13. The van der Waals surface area contributed by atoms with Crippen molar-refractivity contribution in [3.63, 3.8) is 0 Å². The highest BCUT2D eigenvalue weighted by Gasteiger charge is 2.21. The number of hydrogen-bond acceptors (Lipinski definition) is 3. The minimum atomic E-state index is 0.502. The van der Waals surface area contributed by atoms with E-state index < -0.39 is 0 Å². The molecule has 0 aliphatic heterocycles. The molecule has 0 N–H and O–H groups in total. The van der Waals surface area contributed by atoms with Crippen LogP contribution in [0, 0.1) is 5.92 Å². The number of ether oxygens (including phenoxy) is 1. The molecular formula is C17H21ClN2O. The molecule has 1 fully saturated rings. The fourth-order valence-electron chi connectivity index (χ4n) is 2.39. The van der Waals surface area contributed by atoms with Gasteiger partial charge >= 0.3 is 0 Å². The van der Waals surface area contributed by atoms with Crippen LogP contribution < -0.4 is 4.90 Å². The topological polar surface area (TPSA) is 25.4 Å². The van der Waals surface area contributed by atoms with E-state index in [2.05, 4.69) is 24.1 Å². The first kappa shape index (κ1) is 14.6. The van der Waals surface area contributed by atoms with Crippen molar-refractivity contribution in [1.29, 1.82) is 0 Å². The Kier molecular flexibility index (Phi) is 4.61. The van der Waals surface area contributed by atoms with Crippen LogP contribution in [-0.4, -0.2) is 31.8 Å². The van der Waals surface area contributed by atoms with Crippen molar-refractivity contribution in [3.8, 4) is 0 Å². The van der Waals surface area contributed by atoms with Gasteiger partial charge in [0.15, 0.2) is 0 Å².